The van der Waals surface area contributed by atoms with Crippen molar-refractivity contribution in [3.05, 3.63) is 45.9 Å². The van der Waals surface area contributed by atoms with Gasteiger partial charge in [0, 0.05) is 10.8 Å². The summed E-state index contributed by atoms with van der Waals surface area (Å²) >= 11 is 1.71. The largest absolute Gasteiger partial charge is 0.497 e. The molecular formula is C16H22N2OS. The van der Waals surface area contributed by atoms with Gasteiger partial charge in [-0.05, 0) is 24.7 Å². The fourth-order valence-electron chi connectivity index (χ4n) is 1.99. The number of rotatable bonds is 4. The highest BCUT2D eigenvalue weighted by Crippen LogP contribution is 2.30. The zero-order valence-corrected chi connectivity index (χ0v) is 13.5. The maximum absolute atomic E-state index is 5.20. The van der Waals surface area contributed by atoms with Crippen molar-refractivity contribution in [2.45, 2.75) is 32.2 Å². The molecule has 108 valence electrons. The fourth-order valence-corrected chi connectivity index (χ4v) is 3.17. The first-order valence-electron chi connectivity index (χ1n) is 6.73. The van der Waals surface area contributed by atoms with Crippen LogP contribution in [0.1, 0.15) is 43.1 Å². The molecule has 0 saturated carbocycles. The minimum absolute atomic E-state index is 0.0902. The Bertz CT molecular complexity index is 555. The third kappa shape index (κ3) is 3.19. The molecule has 0 aliphatic heterocycles. The lowest BCUT2D eigenvalue weighted by atomic mass is 9.93. The van der Waals surface area contributed by atoms with Gasteiger partial charge in [0.1, 0.15) is 10.8 Å². The Morgan fingerprint density at radius 3 is 2.30 bits per heavy atom. The summed E-state index contributed by atoms with van der Waals surface area (Å²) < 4.78 is 5.20. The zero-order valence-electron chi connectivity index (χ0n) is 12.7. The molecule has 2 rings (SSSR count). The molecule has 1 unspecified atom stereocenters. The van der Waals surface area contributed by atoms with Gasteiger partial charge in [-0.25, -0.2) is 4.98 Å². The van der Waals surface area contributed by atoms with Gasteiger partial charge in [-0.1, -0.05) is 32.9 Å². The van der Waals surface area contributed by atoms with E-state index in [2.05, 4.69) is 43.6 Å². The van der Waals surface area contributed by atoms with E-state index in [1.807, 2.05) is 19.2 Å². The average Bonchev–Trinajstić information content (AvgIpc) is 2.90. The normalized spacial score (nSPS) is 13.2. The van der Waals surface area contributed by atoms with Gasteiger partial charge in [0.15, 0.2) is 0 Å². The van der Waals surface area contributed by atoms with Crippen LogP contribution in [-0.2, 0) is 5.41 Å². The highest BCUT2D eigenvalue weighted by atomic mass is 32.1. The van der Waals surface area contributed by atoms with Crippen LogP contribution in [0.15, 0.2) is 29.6 Å². The Hall–Kier alpha value is -1.39. The van der Waals surface area contributed by atoms with E-state index in [9.17, 15) is 0 Å². The van der Waals surface area contributed by atoms with Crippen molar-refractivity contribution in [1.29, 1.82) is 0 Å². The lowest BCUT2D eigenvalue weighted by molar-refractivity contribution is 0.414. The molecule has 0 saturated heterocycles. The number of hydrogen-bond acceptors (Lipinski definition) is 4. The van der Waals surface area contributed by atoms with Crippen molar-refractivity contribution in [2.24, 2.45) is 0 Å². The molecule has 4 heteroatoms. The summed E-state index contributed by atoms with van der Waals surface area (Å²) in [4.78, 5) is 4.80. The van der Waals surface area contributed by atoms with Crippen molar-refractivity contribution in [2.75, 3.05) is 14.2 Å². The average molecular weight is 290 g/mol. The smallest absolute Gasteiger partial charge is 0.118 e. The lowest BCUT2D eigenvalue weighted by Gasteiger charge is -2.16. The standard InChI is InChI=1S/C16H22N2OS/c1-16(2,3)13-10-20-15(18-13)14(17-4)11-6-8-12(19-5)9-7-11/h6-10,14,17H,1-5H3. The van der Waals surface area contributed by atoms with E-state index in [-0.39, 0.29) is 11.5 Å². The highest BCUT2D eigenvalue weighted by molar-refractivity contribution is 7.09. The van der Waals surface area contributed by atoms with Crippen LogP contribution in [0.25, 0.3) is 0 Å². The summed E-state index contributed by atoms with van der Waals surface area (Å²) in [7, 11) is 3.65. The molecule has 3 nitrogen and oxygen atoms in total. The van der Waals surface area contributed by atoms with Gasteiger partial charge in [-0.15, -0.1) is 11.3 Å². The second-order valence-corrected chi connectivity index (χ2v) is 6.71. The van der Waals surface area contributed by atoms with E-state index < -0.39 is 0 Å². The molecule has 1 atom stereocenters. The minimum Gasteiger partial charge on any atom is -0.497 e. The minimum atomic E-state index is 0.0902. The van der Waals surface area contributed by atoms with E-state index in [0.29, 0.717) is 0 Å². The Kier molecular flexibility index (Phi) is 4.45. The molecule has 1 N–H and O–H groups in total. The summed E-state index contributed by atoms with van der Waals surface area (Å²) in [5.74, 6) is 0.873. The van der Waals surface area contributed by atoms with Gasteiger partial charge in [0.05, 0.1) is 18.8 Å². The number of hydrogen-bond donors (Lipinski definition) is 1. The molecule has 0 bridgehead atoms. The second-order valence-electron chi connectivity index (χ2n) is 5.82. The molecule has 0 fully saturated rings. The molecule has 0 radical (unpaired) electrons. The molecule has 2 aromatic rings. The lowest BCUT2D eigenvalue weighted by Crippen LogP contribution is -2.18. The van der Waals surface area contributed by atoms with Gasteiger partial charge >= 0.3 is 0 Å². The van der Waals surface area contributed by atoms with Crippen LogP contribution in [0.5, 0.6) is 5.75 Å². The van der Waals surface area contributed by atoms with Crippen LogP contribution in [-0.4, -0.2) is 19.1 Å². The predicted octanol–water partition coefficient (Wildman–Crippen LogP) is 3.76. The summed E-state index contributed by atoms with van der Waals surface area (Å²) in [6.07, 6.45) is 0. The fraction of sp³-hybridized carbons (Fsp3) is 0.438. The first-order chi connectivity index (χ1) is 9.45. The zero-order chi connectivity index (χ0) is 14.8. The van der Waals surface area contributed by atoms with Crippen LogP contribution in [0.2, 0.25) is 0 Å². The quantitative estimate of drug-likeness (QED) is 0.931. The monoisotopic (exact) mass is 290 g/mol. The number of ether oxygens (including phenoxy) is 1. The molecular weight excluding hydrogens is 268 g/mol. The number of nitrogens with zero attached hydrogens (tertiary/aromatic N) is 1. The van der Waals surface area contributed by atoms with Crippen molar-refractivity contribution < 1.29 is 4.74 Å². The number of aromatic nitrogens is 1. The molecule has 1 aromatic heterocycles. The third-order valence-corrected chi connectivity index (χ3v) is 4.18. The predicted molar refractivity (Wildman–Crippen MR) is 84.7 cm³/mol. The van der Waals surface area contributed by atoms with E-state index in [1.165, 1.54) is 5.56 Å². The van der Waals surface area contributed by atoms with Crippen LogP contribution in [0.4, 0.5) is 0 Å². The van der Waals surface area contributed by atoms with Crippen LogP contribution < -0.4 is 10.1 Å². The topological polar surface area (TPSA) is 34.1 Å². The Labute approximate surface area is 125 Å². The van der Waals surface area contributed by atoms with Gasteiger partial charge < -0.3 is 10.1 Å². The Morgan fingerprint density at radius 1 is 1.20 bits per heavy atom. The van der Waals surface area contributed by atoms with Crippen molar-refractivity contribution >= 4 is 11.3 Å². The number of nitrogens with one attached hydrogen (secondary N) is 1. The van der Waals surface area contributed by atoms with Gasteiger partial charge in [0.2, 0.25) is 0 Å². The van der Waals surface area contributed by atoms with Gasteiger partial charge in [0.25, 0.3) is 0 Å². The first kappa shape index (κ1) is 15.0. The third-order valence-electron chi connectivity index (χ3n) is 3.28. The van der Waals surface area contributed by atoms with E-state index in [0.717, 1.165) is 16.5 Å². The van der Waals surface area contributed by atoms with Gasteiger partial charge in [-0.2, -0.15) is 0 Å². The summed E-state index contributed by atoms with van der Waals surface area (Å²) in [5, 5.41) is 6.60. The molecule has 1 aromatic carbocycles. The summed E-state index contributed by atoms with van der Waals surface area (Å²) in [6.45, 7) is 6.56. The molecule has 20 heavy (non-hydrogen) atoms. The number of thiazole rings is 1. The molecule has 0 aliphatic rings. The molecule has 0 spiro atoms. The maximum Gasteiger partial charge on any atom is 0.118 e. The molecule has 1 heterocycles. The van der Waals surface area contributed by atoms with E-state index in [4.69, 9.17) is 9.72 Å². The maximum atomic E-state index is 5.20. The SMILES string of the molecule is CNC(c1ccc(OC)cc1)c1nc(C(C)(C)C)cs1. The van der Waals surface area contributed by atoms with Crippen LogP contribution >= 0.6 is 11.3 Å². The number of benzene rings is 1. The van der Waals surface area contributed by atoms with Crippen LogP contribution in [0, 0.1) is 0 Å². The van der Waals surface area contributed by atoms with Crippen molar-refractivity contribution in [3.8, 4) is 5.75 Å². The summed E-state index contributed by atoms with van der Waals surface area (Å²) in [5.41, 5.74) is 2.43. The van der Waals surface area contributed by atoms with Crippen molar-refractivity contribution in [1.82, 2.24) is 10.3 Å². The Morgan fingerprint density at radius 2 is 1.85 bits per heavy atom. The first-order valence-corrected chi connectivity index (χ1v) is 7.61. The molecule has 0 amide bonds. The van der Waals surface area contributed by atoms with Gasteiger partial charge in [-0.3, -0.25) is 0 Å². The highest BCUT2D eigenvalue weighted by Gasteiger charge is 2.21. The van der Waals surface area contributed by atoms with E-state index in [1.54, 1.807) is 18.4 Å². The summed E-state index contributed by atoms with van der Waals surface area (Å²) in [6, 6.07) is 8.26. The second kappa shape index (κ2) is 5.94. The van der Waals surface area contributed by atoms with Crippen LogP contribution in [0.3, 0.4) is 0 Å². The van der Waals surface area contributed by atoms with E-state index >= 15 is 0 Å². The number of methoxy groups -OCH3 is 1. The van der Waals surface area contributed by atoms with Crippen molar-refractivity contribution in [3.63, 3.8) is 0 Å². The molecule has 0 aliphatic carbocycles. The Balaban J connectivity index is 2.29.